The maximum Gasteiger partial charge on any atom is 0.446 e. The topological polar surface area (TPSA) is 113 Å². The fourth-order valence-electron chi connectivity index (χ4n) is 3.43. The number of rotatable bonds is 4. The van der Waals surface area contributed by atoms with Crippen LogP contribution in [-0.4, -0.2) is 26.1 Å². The van der Waals surface area contributed by atoms with E-state index in [0.29, 0.717) is 29.4 Å². The summed E-state index contributed by atoms with van der Waals surface area (Å²) < 4.78 is 24.7. The largest absolute Gasteiger partial charge is 0.446 e. The quantitative estimate of drug-likeness (QED) is 0.667. The van der Waals surface area contributed by atoms with Crippen LogP contribution in [-0.2, 0) is 6.42 Å². The van der Waals surface area contributed by atoms with Gasteiger partial charge in [-0.05, 0) is 77.3 Å². The third kappa shape index (κ3) is 3.59. The monoisotopic (exact) mass is 437 g/mol. The smallest absolute Gasteiger partial charge is 0.328 e. The number of nitrogens with two attached hydrogens (primary N) is 1. The van der Waals surface area contributed by atoms with E-state index in [1.54, 1.807) is 0 Å². The molecule has 0 amide bonds. The first-order chi connectivity index (χ1) is 13.0. The van der Waals surface area contributed by atoms with Crippen molar-refractivity contribution in [2.75, 3.05) is 0 Å². The van der Waals surface area contributed by atoms with Crippen LogP contribution in [0.25, 0.3) is 17.2 Å². The number of hydrogen-bond acceptors (Lipinski definition) is 7. The summed E-state index contributed by atoms with van der Waals surface area (Å²) in [5, 5.41) is 11.8. The van der Waals surface area contributed by atoms with Gasteiger partial charge >= 0.3 is 5.76 Å². The Bertz CT molecular complexity index is 1010. The fraction of sp³-hybridized carbons (Fsp3) is 0.412. The molecule has 8 nitrogen and oxygen atoms in total. The van der Waals surface area contributed by atoms with Gasteiger partial charge in [-0.3, -0.25) is 4.52 Å². The predicted molar refractivity (Wildman–Crippen MR) is 96.7 cm³/mol. The van der Waals surface area contributed by atoms with Gasteiger partial charge in [0.05, 0.1) is 10.2 Å². The van der Waals surface area contributed by atoms with Crippen molar-refractivity contribution in [3.05, 3.63) is 44.7 Å². The Morgan fingerprint density at radius 2 is 2.00 bits per heavy atom. The zero-order chi connectivity index (χ0) is 19.0. The van der Waals surface area contributed by atoms with Crippen LogP contribution in [0.2, 0.25) is 0 Å². The predicted octanol–water partition coefficient (Wildman–Crippen LogP) is 2.84. The number of halogens is 2. The lowest BCUT2D eigenvalue weighted by molar-refractivity contribution is 0.291. The van der Waals surface area contributed by atoms with Crippen molar-refractivity contribution in [3.8, 4) is 17.2 Å². The van der Waals surface area contributed by atoms with Gasteiger partial charge in [0.1, 0.15) is 11.5 Å². The Labute approximate surface area is 161 Å². The molecule has 0 aliphatic heterocycles. The van der Waals surface area contributed by atoms with Crippen molar-refractivity contribution >= 4 is 15.9 Å². The number of benzene rings is 1. The van der Waals surface area contributed by atoms with E-state index in [1.807, 2.05) is 0 Å². The van der Waals surface area contributed by atoms with Crippen molar-refractivity contribution < 1.29 is 13.5 Å². The average molecular weight is 438 g/mol. The first-order valence-corrected chi connectivity index (χ1v) is 9.43. The Kier molecular flexibility index (Phi) is 4.92. The van der Waals surface area contributed by atoms with E-state index in [9.17, 15) is 9.18 Å². The molecular weight excluding hydrogens is 421 g/mol. The lowest BCUT2D eigenvalue weighted by Gasteiger charge is -2.25. The van der Waals surface area contributed by atoms with Crippen molar-refractivity contribution in [2.45, 2.75) is 38.1 Å². The molecule has 1 aliphatic carbocycles. The molecule has 0 spiro atoms. The minimum absolute atomic E-state index is 0.169. The molecule has 1 fully saturated rings. The fourth-order valence-corrected chi connectivity index (χ4v) is 3.79. The third-order valence-corrected chi connectivity index (χ3v) is 5.52. The SMILES string of the molecule is NC1CCC(Cc2nonc2-c2noc(=O)n2-c2ccc(F)c(Br)c2)CC1. The Morgan fingerprint density at radius 3 is 2.74 bits per heavy atom. The normalized spacial score (nSPS) is 20.1. The molecule has 4 rings (SSSR count). The van der Waals surface area contributed by atoms with E-state index in [-0.39, 0.29) is 16.3 Å². The maximum absolute atomic E-state index is 13.5. The third-order valence-electron chi connectivity index (χ3n) is 4.91. The van der Waals surface area contributed by atoms with Crippen LogP contribution in [0.5, 0.6) is 0 Å². The van der Waals surface area contributed by atoms with E-state index in [1.165, 1.54) is 22.8 Å². The van der Waals surface area contributed by atoms with Crippen LogP contribution in [0, 0.1) is 11.7 Å². The van der Waals surface area contributed by atoms with Gasteiger partial charge < -0.3 is 5.73 Å². The highest BCUT2D eigenvalue weighted by molar-refractivity contribution is 9.10. The number of hydrogen-bond donors (Lipinski definition) is 1. The molecule has 0 bridgehead atoms. The molecule has 2 N–H and O–H groups in total. The van der Waals surface area contributed by atoms with E-state index in [4.69, 9.17) is 14.9 Å². The van der Waals surface area contributed by atoms with Crippen LogP contribution >= 0.6 is 15.9 Å². The van der Waals surface area contributed by atoms with Crippen LogP contribution in [0.1, 0.15) is 31.4 Å². The first-order valence-electron chi connectivity index (χ1n) is 8.64. The summed E-state index contributed by atoms with van der Waals surface area (Å²) in [4.78, 5) is 12.2. The molecule has 0 saturated heterocycles. The second kappa shape index (κ2) is 7.35. The summed E-state index contributed by atoms with van der Waals surface area (Å²) in [7, 11) is 0. The van der Waals surface area contributed by atoms with Crippen LogP contribution < -0.4 is 11.5 Å². The molecule has 142 valence electrons. The molecule has 1 saturated carbocycles. The van der Waals surface area contributed by atoms with Crippen molar-refractivity contribution in [1.82, 2.24) is 20.0 Å². The molecule has 2 heterocycles. The molecule has 27 heavy (non-hydrogen) atoms. The van der Waals surface area contributed by atoms with Gasteiger partial charge in [-0.2, -0.15) is 0 Å². The standard InChI is InChI=1S/C17H17BrFN5O3/c18-12-8-11(5-6-13(12)19)24-16(23-26-17(24)25)15-14(21-27-22-15)7-9-1-3-10(20)4-2-9/h5-6,8-10H,1-4,7,20H2. The Balaban J connectivity index is 1.68. The molecule has 1 aromatic carbocycles. The van der Waals surface area contributed by atoms with Gasteiger partial charge in [-0.15, -0.1) is 0 Å². The lowest BCUT2D eigenvalue weighted by atomic mass is 9.83. The van der Waals surface area contributed by atoms with E-state index < -0.39 is 11.6 Å². The first kappa shape index (κ1) is 18.1. The molecular formula is C17H17BrFN5O3. The van der Waals surface area contributed by atoms with Crippen molar-refractivity contribution in [1.29, 1.82) is 0 Å². The molecule has 2 aromatic heterocycles. The molecule has 0 atom stereocenters. The van der Waals surface area contributed by atoms with Gasteiger partial charge in [-0.1, -0.05) is 10.3 Å². The van der Waals surface area contributed by atoms with E-state index in [0.717, 1.165) is 25.7 Å². The number of nitrogens with zero attached hydrogens (tertiary/aromatic N) is 4. The molecule has 10 heteroatoms. The minimum atomic E-state index is -0.707. The van der Waals surface area contributed by atoms with Gasteiger partial charge in [0, 0.05) is 6.04 Å². The summed E-state index contributed by atoms with van der Waals surface area (Å²) in [5.74, 6) is -0.560. The van der Waals surface area contributed by atoms with E-state index >= 15 is 0 Å². The van der Waals surface area contributed by atoms with Crippen LogP contribution in [0.3, 0.4) is 0 Å². The Morgan fingerprint density at radius 1 is 1.22 bits per heavy atom. The molecule has 0 unspecified atom stereocenters. The molecule has 3 aromatic rings. The number of aromatic nitrogens is 4. The molecule has 0 radical (unpaired) electrons. The van der Waals surface area contributed by atoms with Gasteiger partial charge in [-0.25, -0.2) is 18.4 Å². The van der Waals surface area contributed by atoms with Crippen molar-refractivity contribution in [3.63, 3.8) is 0 Å². The van der Waals surface area contributed by atoms with Gasteiger partial charge in [0.15, 0.2) is 5.69 Å². The summed E-state index contributed by atoms with van der Waals surface area (Å²) in [6, 6.07) is 4.43. The van der Waals surface area contributed by atoms with Gasteiger partial charge in [0.2, 0.25) is 5.82 Å². The zero-order valence-electron chi connectivity index (χ0n) is 14.3. The molecule has 1 aliphatic rings. The lowest BCUT2D eigenvalue weighted by Crippen LogP contribution is -2.27. The summed E-state index contributed by atoms with van der Waals surface area (Å²) in [6.07, 6.45) is 4.61. The average Bonchev–Trinajstić information content (AvgIpc) is 3.25. The summed E-state index contributed by atoms with van der Waals surface area (Å²) >= 11 is 3.12. The summed E-state index contributed by atoms with van der Waals surface area (Å²) in [5.41, 5.74) is 7.31. The van der Waals surface area contributed by atoms with Crippen molar-refractivity contribution in [2.24, 2.45) is 11.7 Å². The Hall–Kier alpha value is -2.33. The minimum Gasteiger partial charge on any atom is -0.328 e. The van der Waals surface area contributed by atoms with E-state index in [2.05, 4.69) is 31.4 Å². The summed E-state index contributed by atoms with van der Waals surface area (Å²) in [6.45, 7) is 0. The van der Waals surface area contributed by atoms with Crippen LogP contribution in [0.4, 0.5) is 4.39 Å². The highest BCUT2D eigenvalue weighted by Crippen LogP contribution is 2.30. The van der Waals surface area contributed by atoms with Crippen LogP contribution in [0.15, 0.2) is 36.6 Å². The highest BCUT2D eigenvalue weighted by atomic mass is 79.9. The maximum atomic E-state index is 13.5. The highest BCUT2D eigenvalue weighted by Gasteiger charge is 2.26. The second-order valence-electron chi connectivity index (χ2n) is 6.75. The van der Waals surface area contributed by atoms with Gasteiger partial charge in [0.25, 0.3) is 0 Å². The zero-order valence-corrected chi connectivity index (χ0v) is 15.9. The second-order valence-corrected chi connectivity index (χ2v) is 7.60.